The predicted octanol–water partition coefficient (Wildman–Crippen LogP) is 8.00. The van der Waals surface area contributed by atoms with Gasteiger partial charge in [0.05, 0.1) is 12.2 Å². The molecule has 1 fully saturated rings. The molecule has 5 rings (SSSR count). The second-order valence-electron chi connectivity index (χ2n) is 13.4. The minimum absolute atomic E-state index is 0.0462. The van der Waals surface area contributed by atoms with E-state index in [4.69, 9.17) is 21.3 Å². The average Bonchev–Trinajstić information content (AvgIpc) is 3.25. The topological polar surface area (TPSA) is 48.4 Å². The van der Waals surface area contributed by atoms with Gasteiger partial charge in [0.15, 0.2) is 0 Å². The molecule has 0 N–H and O–H groups in total. The van der Waals surface area contributed by atoms with Crippen LogP contribution in [0.4, 0.5) is 4.79 Å². The first-order valence-corrected chi connectivity index (χ1v) is 16.2. The van der Waals surface area contributed by atoms with Gasteiger partial charge < -0.3 is 14.5 Å². The molecule has 0 unspecified atom stereocenters. The molecule has 1 saturated heterocycles. The van der Waals surface area contributed by atoms with E-state index in [-0.39, 0.29) is 11.4 Å². The number of hydrogen-bond acceptors (Lipinski definition) is 4. The lowest BCUT2D eigenvalue weighted by Crippen LogP contribution is -2.60. The largest absolute Gasteiger partial charge is 0.493 e. The Bertz CT molecular complexity index is 1520. The maximum atomic E-state index is 15.0. The van der Waals surface area contributed by atoms with Crippen LogP contribution < -0.4 is 4.74 Å². The van der Waals surface area contributed by atoms with E-state index in [0.717, 1.165) is 42.1 Å². The molecule has 6 nitrogen and oxygen atoms in total. The van der Waals surface area contributed by atoms with Crippen molar-refractivity contribution >= 4 is 23.5 Å². The molecule has 2 aliphatic heterocycles. The van der Waals surface area contributed by atoms with Crippen molar-refractivity contribution in [2.24, 2.45) is 4.99 Å². The van der Waals surface area contributed by atoms with Crippen LogP contribution in [0.3, 0.4) is 0 Å². The normalized spacial score (nSPS) is 22.7. The summed E-state index contributed by atoms with van der Waals surface area (Å²) in [5, 5.41) is 0.651. The molecular formula is C37H47ClN4O2. The number of amides is 2. The van der Waals surface area contributed by atoms with Gasteiger partial charge in [0.1, 0.15) is 22.7 Å². The number of piperazine rings is 1. The number of carbonyl (C=O) groups excluding carboxylic acids is 1. The zero-order valence-electron chi connectivity index (χ0n) is 27.6. The highest BCUT2D eigenvalue weighted by Crippen LogP contribution is 2.54. The monoisotopic (exact) mass is 614 g/mol. The predicted molar refractivity (Wildman–Crippen MR) is 181 cm³/mol. The number of aryl methyl sites for hydroxylation is 1. The number of hydrogen-bond donors (Lipinski definition) is 0. The average molecular weight is 615 g/mol. The molecule has 2 amide bonds. The fourth-order valence-corrected chi connectivity index (χ4v) is 6.64. The maximum Gasteiger partial charge on any atom is 0.326 e. The summed E-state index contributed by atoms with van der Waals surface area (Å²) in [6.07, 6.45) is 0. The van der Waals surface area contributed by atoms with E-state index in [1.807, 2.05) is 41.0 Å². The van der Waals surface area contributed by atoms with Gasteiger partial charge in [-0.15, -0.1) is 0 Å². The number of carbonyl (C=O) groups is 1. The molecule has 2 heterocycles. The lowest BCUT2D eigenvalue weighted by atomic mass is 9.70. The van der Waals surface area contributed by atoms with Crippen molar-refractivity contribution in [2.45, 2.75) is 71.9 Å². The quantitative estimate of drug-likeness (QED) is 0.283. The first-order chi connectivity index (χ1) is 20.8. The van der Waals surface area contributed by atoms with Crippen molar-refractivity contribution in [1.29, 1.82) is 0 Å². The molecule has 2 atom stereocenters. The SMILES string of the molecule is CCOc1cc(C(C)(C)C)ccc1C1=N[C@@](C)(c2ccc(C)cc2)[C@@](C)(c2ccc(Cl)cc2)N1C(=O)N1CCN(CC)CC1. The van der Waals surface area contributed by atoms with Crippen molar-refractivity contribution < 1.29 is 9.53 Å². The van der Waals surface area contributed by atoms with Crippen LogP contribution in [-0.2, 0) is 16.5 Å². The molecule has 2 aliphatic rings. The second kappa shape index (κ2) is 12.2. The van der Waals surface area contributed by atoms with Gasteiger partial charge in [-0.05, 0) is 80.6 Å². The molecule has 0 spiro atoms. The number of likely N-dealkylation sites (N-methyl/N-ethyl adjacent to an activating group) is 1. The van der Waals surface area contributed by atoms with E-state index in [1.54, 1.807) is 0 Å². The van der Waals surface area contributed by atoms with E-state index >= 15 is 0 Å². The van der Waals surface area contributed by atoms with Crippen LogP contribution in [0, 0.1) is 6.92 Å². The fraction of sp³-hybridized carbons (Fsp3) is 0.459. The summed E-state index contributed by atoms with van der Waals surface area (Å²) in [6, 6.07) is 22.7. The van der Waals surface area contributed by atoms with E-state index in [2.05, 4.69) is 95.8 Å². The Kier molecular flexibility index (Phi) is 8.90. The Morgan fingerprint density at radius 3 is 2.09 bits per heavy atom. The van der Waals surface area contributed by atoms with Gasteiger partial charge in [0, 0.05) is 31.2 Å². The zero-order chi connectivity index (χ0) is 31.9. The van der Waals surface area contributed by atoms with Crippen molar-refractivity contribution in [2.75, 3.05) is 39.3 Å². The molecule has 0 saturated carbocycles. The third kappa shape index (κ3) is 5.63. The number of aliphatic imine (C=N–C) groups is 1. The third-order valence-corrected chi connectivity index (χ3v) is 9.88. The zero-order valence-corrected chi connectivity index (χ0v) is 28.3. The number of nitrogens with zero attached hydrogens (tertiary/aromatic N) is 4. The Hall–Kier alpha value is -3.35. The molecule has 3 aromatic carbocycles. The summed E-state index contributed by atoms with van der Waals surface area (Å²) in [7, 11) is 0. The van der Waals surface area contributed by atoms with Crippen LogP contribution in [0.25, 0.3) is 0 Å². The summed E-state index contributed by atoms with van der Waals surface area (Å²) in [6.45, 7) is 21.6. The smallest absolute Gasteiger partial charge is 0.326 e. The van der Waals surface area contributed by atoms with Gasteiger partial charge >= 0.3 is 6.03 Å². The summed E-state index contributed by atoms with van der Waals surface area (Å²) < 4.78 is 6.31. The molecule has 44 heavy (non-hydrogen) atoms. The van der Waals surface area contributed by atoms with Crippen LogP contribution in [0.5, 0.6) is 5.75 Å². The fourth-order valence-electron chi connectivity index (χ4n) is 6.52. The minimum Gasteiger partial charge on any atom is -0.493 e. The number of urea groups is 1. The van der Waals surface area contributed by atoms with Gasteiger partial charge in [-0.25, -0.2) is 4.79 Å². The number of benzene rings is 3. The highest BCUT2D eigenvalue weighted by Gasteiger charge is 2.60. The lowest BCUT2D eigenvalue weighted by Gasteiger charge is -2.47. The highest BCUT2D eigenvalue weighted by molar-refractivity contribution is 6.30. The Labute approximate surface area is 268 Å². The summed E-state index contributed by atoms with van der Waals surface area (Å²) in [4.78, 5) is 26.9. The summed E-state index contributed by atoms with van der Waals surface area (Å²) >= 11 is 6.41. The Morgan fingerprint density at radius 1 is 0.909 bits per heavy atom. The van der Waals surface area contributed by atoms with Gasteiger partial charge in [-0.2, -0.15) is 0 Å². The molecule has 0 bridgehead atoms. The van der Waals surface area contributed by atoms with Crippen molar-refractivity contribution in [3.8, 4) is 5.75 Å². The second-order valence-corrected chi connectivity index (χ2v) is 13.8. The van der Waals surface area contributed by atoms with Gasteiger partial charge in [0.25, 0.3) is 0 Å². The maximum absolute atomic E-state index is 15.0. The molecule has 3 aromatic rings. The van der Waals surface area contributed by atoms with Gasteiger partial charge in [-0.3, -0.25) is 9.89 Å². The lowest BCUT2D eigenvalue weighted by molar-refractivity contribution is 0.0879. The summed E-state index contributed by atoms with van der Waals surface area (Å²) in [5.74, 6) is 1.36. The minimum atomic E-state index is -0.882. The van der Waals surface area contributed by atoms with Crippen LogP contribution in [-0.4, -0.2) is 65.9 Å². The van der Waals surface area contributed by atoms with Crippen LogP contribution >= 0.6 is 11.6 Å². The van der Waals surface area contributed by atoms with E-state index in [0.29, 0.717) is 30.6 Å². The Balaban J connectivity index is 1.77. The van der Waals surface area contributed by atoms with Gasteiger partial charge in [-0.1, -0.05) is 87.3 Å². The number of halogens is 1. The third-order valence-electron chi connectivity index (χ3n) is 9.63. The van der Waals surface area contributed by atoms with Crippen LogP contribution in [0.15, 0.2) is 71.7 Å². The molecule has 0 aromatic heterocycles. The molecule has 7 heteroatoms. The number of rotatable bonds is 6. The van der Waals surface area contributed by atoms with Crippen molar-refractivity contribution in [3.05, 3.63) is 99.6 Å². The number of amidine groups is 1. The van der Waals surface area contributed by atoms with Gasteiger partial charge in [0.2, 0.25) is 0 Å². The molecule has 234 valence electrons. The molecule has 0 radical (unpaired) electrons. The van der Waals surface area contributed by atoms with Crippen molar-refractivity contribution in [1.82, 2.24) is 14.7 Å². The first-order valence-electron chi connectivity index (χ1n) is 15.9. The van der Waals surface area contributed by atoms with E-state index in [9.17, 15) is 4.79 Å². The Morgan fingerprint density at radius 2 is 1.52 bits per heavy atom. The van der Waals surface area contributed by atoms with E-state index < -0.39 is 11.1 Å². The first kappa shape index (κ1) is 32.1. The van der Waals surface area contributed by atoms with Crippen LogP contribution in [0.2, 0.25) is 5.02 Å². The number of ether oxygens (including phenoxy) is 1. The van der Waals surface area contributed by atoms with Crippen LogP contribution in [0.1, 0.15) is 76.3 Å². The highest BCUT2D eigenvalue weighted by atomic mass is 35.5. The molecule has 0 aliphatic carbocycles. The van der Waals surface area contributed by atoms with Crippen molar-refractivity contribution in [3.63, 3.8) is 0 Å². The standard InChI is InChI=1S/C37H47ClN4O2/c1-9-40-21-23-41(24-22-40)34(43)42-33(31-20-17-29(35(4,5)6)25-32(31)44-10-2)39-36(7,27-13-11-26(3)12-14-27)37(42,8)28-15-18-30(38)19-16-28/h11-20,25H,9-10,21-24H2,1-8H3/t36-,37+/m0/s1. The van der Waals surface area contributed by atoms with E-state index in [1.165, 1.54) is 11.1 Å². The summed E-state index contributed by atoms with van der Waals surface area (Å²) in [5.41, 5.74) is 3.39. The molecular weight excluding hydrogens is 568 g/mol.